The SMILES string of the molecule is Cc1cccc(C)c1-n1nnnc1SCC(=O)O[C@@H]1C[C@@H](C)CC[C@@H]1C(C)C. The van der Waals surface area contributed by atoms with Crippen LogP contribution in [-0.4, -0.2) is 38.0 Å². The van der Waals surface area contributed by atoms with Crippen molar-refractivity contribution in [2.45, 2.75) is 65.1 Å². The molecular formula is C21H30N4O2S. The Morgan fingerprint density at radius 3 is 2.68 bits per heavy atom. The Labute approximate surface area is 171 Å². The van der Waals surface area contributed by atoms with Gasteiger partial charge >= 0.3 is 5.97 Å². The summed E-state index contributed by atoms with van der Waals surface area (Å²) in [7, 11) is 0. The number of rotatable bonds is 6. The molecule has 1 aromatic carbocycles. The van der Waals surface area contributed by atoms with Crippen LogP contribution in [0.1, 0.15) is 51.2 Å². The molecule has 1 heterocycles. The monoisotopic (exact) mass is 402 g/mol. The van der Waals surface area contributed by atoms with E-state index in [1.165, 1.54) is 18.2 Å². The molecule has 0 amide bonds. The summed E-state index contributed by atoms with van der Waals surface area (Å²) < 4.78 is 7.60. The number of esters is 1. The summed E-state index contributed by atoms with van der Waals surface area (Å²) in [4.78, 5) is 12.5. The molecule has 0 unspecified atom stereocenters. The molecule has 0 aliphatic heterocycles. The zero-order valence-corrected chi connectivity index (χ0v) is 18.2. The van der Waals surface area contributed by atoms with E-state index in [9.17, 15) is 4.79 Å². The van der Waals surface area contributed by atoms with Crippen molar-refractivity contribution in [3.63, 3.8) is 0 Å². The van der Waals surface area contributed by atoms with Gasteiger partial charge in [-0.15, -0.1) is 5.10 Å². The highest BCUT2D eigenvalue weighted by atomic mass is 32.2. The number of aryl methyl sites for hydroxylation is 2. The predicted octanol–water partition coefficient (Wildman–Crippen LogP) is 4.38. The molecule has 2 aromatic rings. The second-order valence-corrected chi connectivity index (χ2v) is 9.20. The number of carbonyl (C=O) groups is 1. The molecule has 6 nitrogen and oxygen atoms in total. The van der Waals surface area contributed by atoms with Crippen molar-refractivity contribution in [3.05, 3.63) is 29.3 Å². The first-order chi connectivity index (χ1) is 13.4. The molecule has 1 aliphatic carbocycles. The third kappa shape index (κ3) is 4.74. The van der Waals surface area contributed by atoms with Gasteiger partial charge in [-0.3, -0.25) is 4.79 Å². The summed E-state index contributed by atoms with van der Waals surface area (Å²) >= 11 is 1.33. The number of benzene rings is 1. The van der Waals surface area contributed by atoms with Gasteiger partial charge in [0.15, 0.2) is 0 Å². The fraction of sp³-hybridized carbons (Fsp3) is 0.619. The second kappa shape index (κ2) is 9.07. The Morgan fingerprint density at radius 2 is 2.00 bits per heavy atom. The van der Waals surface area contributed by atoms with Crippen LogP contribution in [0.25, 0.3) is 5.69 Å². The van der Waals surface area contributed by atoms with Crippen LogP contribution in [-0.2, 0) is 9.53 Å². The van der Waals surface area contributed by atoms with E-state index in [-0.39, 0.29) is 17.8 Å². The van der Waals surface area contributed by atoms with Crippen LogP contribution in [0, 0.1) is 31.6 Å². The van der Waals surface area contributed by atoms with Gasteiger partial charge in [-0.1, -0.05) is 57.2 Å². The first-order valence-corrected chi connectivity index (χ1v) is 11.0. The average Bonchev–Trinajstić information content (AvgIpc) is 3.08. The number of para-hydroxylation sites is 1. The quantitative estimate of drug-likeness (QED) is 0.528. The first kappa shape index (κ1) is 20.8. The van der Waals surface area contributed by atoms with Crippen LogP contribution >= 0.6 is 11.8 Å². The fourth-order valence-corrected chi connectivity index (χ4v) is 4.78. The highest BCUT2D eigenvalue weighted by molar-refractivity contribution is 7.99. The fourth-order valence-electron chi connectivity index (χ4n) is 4.13. The third-order valence-electron chi connectivity index (χ3n) is 5.66. The maximum atomic E-state index is 12.5. The Balaban J connectivity index is 1.65. The van der Waals surface area contributed by atoms with Crippen molar-refractivity contribution in [3.8, 4) is 5.69 Å². The number of tetrazole rings is 1. The predicted molar refractivity (Wildman–Crippen MR) is 111 cm³/mol. The average molecular weight is 403 g/mol. The minimum absolute atomic E-state index is 0.0199. The molecule has 0 radical (unpaired) electrons. The van der Waals surface area contributed by atoms with E-state index in [0.29, 0.717) is 22.9 Å². The number of aromatic nitrogens is 4. The Hall–Kier alpha value is -1.89. The molecule has 3 atom stereocenters. The maximum absolute atomic E-state index is 12.5. The molecular weight excluding hydrogens is 372 g/mol. The lowest BCUT2D eigenvalue weighted by Crippen LogP contribution is -2.36. The zero-order valence-electron chi connectivity index (χ0n) is 17.4. The summed E-state index contributed by atoms with van der Waals surface area (Å²) in [6, 6.07) is 6.07. The van der Waals surface area contributed by atoms with Crippen LogP contribution in [0.2, 0.25) is 0 Å². The molecule has 0 bridgehead atoms. The maximum Gasteiger partial charge on any atom is 0.316 e. The molecule has 7 heteroatoms. The van der Waals surface area contributed by atoms with Gasteiger partial charge in [0.2, 0.25) is 5.16 Å². The van der Waals surface area contributed by atoms with Gasteiger partial charge in [0.25, 0.3) is 0 Å². The van der Waals surface area contributed by atoms with Gasteiger partial charge in [0, 0.05) is 0 Å². The van der Waals surface area contributed by atoms with Gasteiger partial charge in [0.05, 0.1) is 11.4 Å². The number of hydrogen-bond donors (Lipinski definition) is 0. The van der Waals surface area contributed by atoms with Gasteiger partial charge in [-0.05, 0) is 66.0 Å². The van der Waals surface area contributed by atoms with Crippen molar-refractivity contribution < 1.29 is 9.53 Å². The van der Waals surface area contributed by atoms with E-state index >= 15 is 0 Å². The highest BCUT2D eigenvalue weighted by Crippen LogP contribution is 2.35. The number of hydrogen-bond acceptors (Lipinski definition) is 6. The second-order valence-electron chi connectivity index (χ2n) is 8.26. The van der Waals surface area contributed by atoms with Crippen molar-refractivity contribution in [2.75, 3.05) is 5.75 Å². The lowest BCUT2D eigenvalue weighted by molar-refractivity contribution is -0.152. The molecule has 3 rings (SSSR count). The van der Waals surface area contributed by atoms with E-state index in [1.54, 1.807) is 4.68 Å². The Morgan fingerprint density at radius 1 is 1.29 bits per heavy atom. The molecule has 1 aliphatic rings. The number of thioether (sulfide) groups is 1. The van der Waals surface area contributed by atoms with Crippen molar-refractivity contribution in [2.24, 2.45) is 17.8 Å². The number of ether oxygens (including phenoxy) is 1. The largest absolute Gasteiger partial charge is 0.461 e. The smallest absolute Gasteiger partial charge is 0.316 e. The van der Waals surface area contributed by atoms with Crippen molar-refractivity contribution >= 4 is 17.7 Å². The third-order valence-corrected chi connectivity index (χ3v) is 6.55. The molecule has 1 saturated carbocycles. The van der Waals surface area contributed by atoms with Crippen LogP contribution in [0.4, 0.5) is 0 Å². The molecule has 1 fully saturated rings. The summed E-state index contributed by atoms with van der Waals surface area (Å²) in [5.41, 5.74) is 3.14. The Bertz CT molecular complexity index is 800. The summed E-state index contributed by atoms with van der Waals surface area (Å²) in [5.74, 6) is 1.60. The van der Waals surface area contributed by atoms with Crippen LogP contribution in [0.15, 0.2) is 23.4 Å². The van der Waals surface area contributed by atoms with Crippen LogP contribution < -0.4 is 0 Å². The molecule has 152 valence electrons. The minimum Gasteiger partial charge on any atom is -0.461 e. The Kier molecular flexibility index (Phi) is 6.75. The van der Waals surface area contributed by atoms with E-state index in [1.807, 2.05) is 32.0 Å². The van der Waals surface area contributed by atoms with Gasteiger partial charge in [-0.25, -0.2) is 0 Å². The lowest BCUT2D eigenvalue weighted by atomic mass is 9.75. The molecule has 0 saturated heterocycles. The van der Waals surface area contributed by atoms with Crippen LogP contribution in [0.3, 0.4) is 0 Å². The van der Waals surface area contributed by atoms with E-state index in [2.05, 4.69) is 36.3 Å². The molecule has 1 aromatic heterocycles. The van der Waals surface area contributed by atoms with Gasteiger partial charge in [0.1, 0.15) is 6.10 Å². The van der Waals surface area contributed by atoms with E-state index in [4.69, 9.17) is 4.74 Å². The summed E-state index contributed by atoms with van der Waals surface area (Å²) in [6.07, 6.45) is 3.33. The standard InChI is InChI=1S/C21H30N4O2S/c1-13(2)17-10-9-14(3)11-18(17)27-19(26)12-28-21-22-23-24-25(21)20-15(4)7-6-8-16(20)5/h6-8,13-14,17-18H,9-12H2,1-5H3/t14-,17+,18+/m0/s1. The summed E-state index contributed by atoms with van der Waals surface area (Å²) in [5, 5.41) is 12.6. The van der Waals surface area contributed by atoms with E-state index in [0.717, 1.165) is 29.7 Å². The topological polar surface area (TPSA) is 69.9 Å². The van der Waals surface area contributed by atoms with Crippen molar-refractivity contribution in [1.82, 2.24) is 20.2 Å². The zero-order chi connectivity index (χ0) is 20.3. The highest BCUT2D eigenvalue weighted by Gasteiger charge is 2.33. The van der Waals surface area contributed by atoms with Crippen molar-refractivity contribution in [1.29, 1.82) is 0 Å². The normalized spacial score (nSPS) is 22.4. The first-order valence-electron chi connectivity index (χ1n) is 10.0. The number of nitrogens with zero attached hydrogens (tertiary/aromatic N) is 4. The van der Waals surface area contributed by atoms with Gasteiger partial charge in [-0.2, -0.15) is 4.68 Å². The molecule has 28 heavy (non-hydrogen) atoms. The lowest BCUT2D eigenvalue weighted by Gasteiger charge is -2.36. The van der Waals surface area contributed by atoms with Gasteiger partial charge < -0.3 is 4.74 Å². The minimum atomic E-state index is -0.189. The molecule has 0 N–H and O–H groups in total. The molecule has 0 spiro atoms. The van der Waals surface area contributed by atoms with E-state index < -0.39 is 0 Å². The summed E-state index contributed by atoms with van der Waals surface area (Å²) in [6.45, 7) is 10.7. The van der Waals surface area contributed by atoms with Crippen LogP contribution in [0.5, 0.6) is 0 Å². The number of carbonyl (C=O) groups excluding carboxylic acids is 1.